The molecule has 174 valence electrons. The molecule has 1 aliphatic heterocycles. The molecular formula is C23H32N4O4S. The maximum absolute atomic E-state index is 13.1. The van der Waals surface area contributed by atoms with Crippen LogP contribution in [0.2, 0.25) is 0 Å². The molecule has 2 aromatic rings. The average molecular weight is 461 g/mol. The summed E-state index contributed by atoms with van der Waals surface area (Å²) in [7, 11) is 0. The fourth-order valence-corrected chi connectivity index (χ4v) is 4.39. The Bertz CT molecular complexity index is 930. The van der Waals surface area contributed by atoms with Crippen LogP contribution in [0.25, 0.3) is 10.6 Å². The third kappa shape index (κ3) is 6.18. The Balaban J connectivity index is 1.64. The van der Waals surface area contributed by atoms with E-state index in [-0.39, 0.29) is 37.0 Å². The Labute approximate surface area is 193 Å². The summed E-state index contributed by atoms with van der Waals surface area (Å²) in [6.45, 7) is 9.02. The maximum atomic E-state index is 13.1. The van der Waals surface area contributed by atoms with Gasteiger partial charge in [0, 0.05) is 18.0 Å². The molecule has 2 heterocycles. The van der Waals surface area contributed by atoms with Crippen molar-refractivity contribution in [3.8, 4) is 22.1 Å². The van der Waals surface area contributed by atoms with Crippen molar-refractivity contribution in [2.45, 2.75) is 53.4 Å². The third-order valence-corrected chi connectivity index (χ3v) is 6.16. The first-order chi connectivity index (χ1) is 15.4. The van der Waals surface area contributed by atoms with Gasteiger partial charge in [-0.3, -0.25) is 14.9 Å². The van der Waals surface area contributed by atoms with Gasteiger partial charge >= 0.3 is 0 Å². The number of benzene rings is 1. The average Bonchev–Trinajstić information content (AvgIpc) is 3.42. The monoisotopic (exact) mass is 460 g/mol. The zero-order valence-electron chi connectivity index (χ0n) is 19.2. The molecule has 3 rings (SSSR count). The SMILES string of the molecule is CCCCC(CC)C(=O)N(CC(=O)Nc1nnc(-c2ccc3c(c2)OCO3)s1)CC(C)C. The molecule has 32 heavy (non-hydrogen) atoms. The van der Waals surface area contributed by atoms with Crippen LogP contribution in [0.1, 0.15) is 53.4 Å². The molecule has 0 spiro atoms. The summed E-state index contributed by atoms with van der Waals surface area (Å²) in [4.78, 5) is 27.5. The minimum Gasteiger partial charge on any atom is -0.454 e. The summed E-state index contributed by atoms with van der Waals surface area (Å²) in [6.07, 6.45) is 3.71. The van der Waals surface area contributed by atoms with E-state index in [4.69, 9.17) is 9.47 Å². The number of hydrogen-bond acceptors (Lipinski definition) is 7. The maximum Gasteiger partial charge on any atom is 0.245 e. The van der Waals surface area contributed by atoms with Crippen molar-refractivity contribution in [1.29, 1.82) is 0 Å². The van der Waals surface area contributed by atoms with Crippen molar-refractivity contribution in [1.82, 2.24) is 15.1 Å². The van der Waals surface area contributed by atoms with Crippen LogP contribution in [-0.4, -0.2) is 46.8 Å². The van der Waals surface area contributed by atoms with E-state index in [1.54, 1.807) is 4.90 Å². The topological polar surface area (TPSA) is 93.7 Å². The Morgan fingerprint density at radius 1 is 1.19 bits per heavy atom. The van der Waals surface area contributed by atoms with Crippen LogP contribution >= 0.6 is 11.3 Å². The Morgan fingerprint density at radius 3 is 2.69 bits per heavy atom. The number of nitrogens with one attached hydrogen (secondary N) is 1. The van der Waals surface area contributed by atoms with Crippen LogP contribution in [-0.2, 0) is 9.59 Å². The molecule has 1 N–H and O–H groups in total. The largest absolute Gasteiger partial charge is 0.454 e. The molecule has 1 aromatic carbocycles. The van der Waals surface area contributed by atoms with E-state index in [0.29, 0.717) is 28.2 Å². The van der Waals surface area contributed by atoms with Gasteiger partial charge in [0.05, 0.1) is 6.54 Å². The highest BCUT2D eigenvalue weighted by Crippen LogP contribution is 2.37. The van der Waals surface area contributed by atoms with Gasteiger partial charge < -0.3 is 14.4 Å². The zero-order valence-corrected chi connectivity index (χ0v) is 20.0. The first-order valence-electron chi connectivity index (χ1n) is 11.2. The Kier molecular flexibility index (Phi) is 8.44. The number of anilines is 1. The van der Waals surface area contributed by atoms with Gasteiger partial charge in [-0.2, -0.15) is 0 Å². The van der Waals surface area contributed by atoms with Crippen LogP contribution in [0.5, 0.6) is 11.5 Å². The number of rotatable bonds is 11. The lowest BCUT2D eigenvalue weighted by Gasteiger charge is -2.28. The minimum absolute atomic E-state index is 0.0125. The fraction of sp³-hybridized carbons (Fsp3) is 0.565. The summed E-state index contributed by atoms with van der Waals surface area (Å²) in [6, 6.07) is 5.55. The van der Waals surface area contributed by atoms with Crippen molar-refractivity contribution in [2.75, 3.05) is 25.2 Å². The van der Waals surface area contributed by atoms with Gasteiger partial charge in [-0.1, -0.05) is 51.9 Å². The highest BCUT2D eigenvalue weighted by molar-refractivity contribution is 7.18. The van der Waals surface area contributed by atoms with Crippen LogP contribution in [0.15, 0.2) is 18.2 Å². The predicted octanol–water partition coefficient (Wildman–Crippen LogP) is 4.57. The number of hydrogen-bond donors (Lipinski definition) is 1. The van der Waals surface area contributed by atoms with Gasteiger partial charge in [-0.25, -0.2) is 0 Å². The summed E-state index contributed by atoms with van der Waals surface area (Å²) in [5.74, 6) is 1.39. The molecule has 0 radical (unpaired) electrons. The van der Waals surface area contributed by atoms with Gasteiger partial charge in [0.25, 0.3) is 0 Å². The number of carbonyl (C=O) groups is 2. The quantitative estimate of drug-likeness (QED) is 0.528. The van der Waals surface area contributed by atoms with Crippen molar-refractivity contribution < 1.29 is 19.1 Å². The molecule has 0 saturated heterocycles. The second kappa shape index (κ2) is 11.3. The number of unbranched alkanes of at least 4 members (excludes halogenated alkanes) is 1. The molecule has 1 aliphatic rings. The molecule has 1 aromatic heterocycles. The van der Waals surface area contributed by atoms with E-state index in [0.717, 1.165) is 31.2 Å². The van der Waals surface area contributed by atoms with Crippen molar-refractivity contribution in [3.63, 3.8) is 0 Å². The van der Waals surface area contributed by atoms with Crippen LogP contribution in [0, 0.1) is 11.8 Å². The molecule has 9 heteroatoms. The second-order valence-electron chi connectivity index (χ2n) is 8.39. The van der Waals surface area contributed by atoms with E-state index in [1.165, 1.54) is 11.3 Å². The minimum atomic E-state index is -0.266. The summed E-state index contributed by atoms with van der Waals surface area (Å²) in [5.41, 5.74) is 0.838. The molecule has 0 bridgehead atoms. The number of aromatic nitrogens is 2. The molecule has 2 amide bonds. The van der Waals surface area contributed by atoms with Gasteiger partial charge in [0.15, 0.2) is 11.5 Å². The predicted molar refractivity (Wildman–Crippen MR) is 125 cm³/mol. The second-order valence-corrected chi connectivity index (χ2v) is 9.37. The lowest BCUT2D eigenvalue weighted by Crippen LogP contribution is -2.43. The zero-order chi connectivity index (χ0) is 23.1. The van der Waals surface area contributed by atoms with Crippen LogP contribution in [0.4, 0.5) is 5.13 Å². The Hall–Kier alpha value is -2.68. The van der Waals surface area contributed by atoms with Gasteiger partial charge in [-0.05, 0) is 37.0 Å². The number of nitrogens with zero attached hydrogens (tertiary/aromatic N) is 3. The highest BCUT2D eigenvalue weighted by atomic mass is 32.1. The smallest absolute Gasteiger partial charge is 0.245 e. The number of carbonyl (C=O) groups excluding carboxylic acids is 2. The van der Waals surface area contributed by atoms with Crippen molar-refractivity contribution in [3.05, 3.63) is 18.2 Å². The number of ether oxygens (including phenoxy) is 2. The molecule has 1 unspecified atom stereocenters. The molecule has 8 nitrogen and oxygen atoms in total. The first kappa shape index (κ1) is 24.0. The lowest BCUT2D eigenvalue weighted by molar-refractivity contribution is -0.139. The van der Waals surface area contributed by atoms with Gasteiger partial charge in [-0.15, -0.1) is 10.2 Å². The Morgan fingerprint density at radius 2 is 1.97 bits per heavy atom. The molecular weight excluding hydrogens is 428 g/mol. The number of amides is 2. The lowest BCUT2D eigenvalue weighted by atomic mass is 9.97. The summed E-state index contributed by atoms with van der Waals surface area (Å²) in [5, 5.41) is 12.1. The van der Waals surface area contributed by atoms with E-state index in [9.17, 15) is 9.59 Å². The summed E-state index contributed by atoms with van der Waals surface area (Å²) >= 11 is 1.28. The number of fused-ring (bicyclic) bond motifs is 1. The van der Waals surface area contributed by atoms with E-state index >= 15 is 0 Å². The first-order valence-corrected chi connectivity index (χ1v) is 12.0. The van der Waals surface area contributed by atoms with Crippen LogP contribution in [0.3, 0.4) is 0 Å². The normalized spacial score (nSPS) is 13.3. The van der Waals surface area contributed by atoms with E-state index < -0.39 is 0 Å². The molecule has 0 saturated carbocycles. The van der Waals surface area contributed by atoms with Crippen LogP contribution < -0.4 is 14.8 Å². The van der Waals surface area contributed by atoms with Gasteiger partial charge in [0.2, 0.25) is 23.7 Å². The van der Waals surface area contributed by atoms with E-state index in [2.05, 4.69) is 22.4 Å². The fourth-order valence-electron chi connectivity index (χ4n) is 3.64. The highest BCUT2D eigenvalue weighted by Gasteiger charge is 2.25. The summed E-state index contributed by atoms with van der Waals surface area (Å²) < 4.78 is 10.7. The van der Waals surface area contributed by atoms with Crippen molar-refractivity contribution in [2.24, 2.45) is 11.8 Å². The standard InChI is InChI=1S/C23H32N4O4S/c1-5-7-8-16(6-2)22(29)27(12-15(3)4)13-20(28)24-23-26-25-21(32-23)17-9-10-18-19(11-17)31-14-30-18/h9-11,15-16H,5-8,12-14H2,1-4H3,(H,24,26,28). The van der Waals surface area contributed by atoms with Gasteiger partial charge in [0.1, 0.15) is 5.01 Å². The van der Waals surface area contributed by atoms with E-state index in [1.807, 2.05) is 39.0 Å². The molecule has 1 atom stereocenters. The molecule has 0 aliphatic carbocycles. The third-order valence-electron chi connectivity index (χ3n) is 5.27. The van der Waals surface area contributed by atoms with Crippen molar-refractivity contribution >= 4 is 28.3 Å². The molecule has 0 fully saturated rings.